The quantitative estimate of drug-likeness (QED) is 0.659. The molecule has 0 radical (unpaired) electrons. The van der Waals surface area contributed by atoms with Crippen LogP contribution in [0.5, 0.6) is 0 Å². The molecule has 0 aliphatic heterocycles. The highest BCUT2D eigenvalue weighted by Gasteiger charge is 2.26. The number of aliphatic hydroxyl groups excluding tert-OH is 1. The van der Waals surface area contributed by atoms with E-state index in [-0.39, 0.29) is 18.2 Å². The van der Waals surface area contributed by atoms with Crippen LogP contribution in [-0.2, 0) is 19.9 Å². The van der Waals surface area contributed by atoms with Crippen molar-refractivity contribution >= 4 is 19.9 Å². The molecule has 17 heavy (non-hydrogen) atoms. The monoisotopic (exact) mass is 285 g/mol. The van der Waals surface area contributed by atoms with E-state index < -0.39 is 31.7 Å². The summed E-state index contributed by atoms with van der Waals surface area (Å²) in [5.74, 6) is -0.854. The average Bonchev–Trinajstić information content (AvgIpc) is 2.58. The van der Waals surface area contributed by atoms with Gasteiger partial charge >= 0.3 is 0 Å². The van der Waals surface area contributed by atoms with E-state index >= 15 is 0 Å². The molecule has 6 nitrogen and oxygen atoms in total. The summed E-state index contributed by atoms with van der Waals surface area (Å²) in [6.07, 6.45) is 2.96. The van der Waals surface area contributed by atoms with Crippen LogP contribution in [0.1, 0.15) is 19.3 Å². The van der Waals surface area contributed by atoms with Crippen LogP contribution in [0.2, 0.25) is 0 Å². The molecule has 1 rings (SSSR count). The number of sulfonamides is 1. The molecule has 0 bridgehead atoms. The second-order valence-electron chi connectivity index (χ2n) is 4.56. The third-order valence-electron chi connectivity index (χ3n) is 2.91. The summed E-state index contributed by atoms with van der Waals surface area (Å²) < 4.78 is 47.0. The van der Waals surface area contributed by atoms with Crippen LogP contribution in [0.15, 0.2) is 0 Å². The van der Waals surface area contributed by atoms with Crippen molar-refractivity contribution in [1.82, 2.24) is 4.72 Å². The third-order valence-corrected chi connectivity index (χ3v) is 5.46. The summed E-state index contributed by atoms with van der Waals surface area (Å²) >= 11 is 0. The van der Waals surface area contributed by atoms with Gasteiger partial charge in [0.25, 0.3) is 0 Å². The highest BCUT2D eigenvalue weighted by Crippen LogP contribution is 2.24. The number of sulfone groups is 1. The summed E-state index contributed by atoms with van der Waals surface area (Å²) in [4.78, 5) is 0. The molecule has 0 spiro atoms. The molecular weight excluding hydrogens is 266 g/mol. The topological polar surface area (TPSA) is 101 Å². The van der Waals surface area contributed by atoms with E-state index in [0.717, 1.165) is 19.1 Å². The summed E-state index contributed by atoms with van der Waals surface area (Å²) in [5, 5.41) is 9.51. The fourth-order valence-corrected chi connectivity index (χ4v) is 4.52. The number of nitrogens with one attached hydrogen (secondary N) is 1. The molecular formula is C9H19NO5S2. The zero-order chi connectivity index (χ0) is 13.1. The highest BCUT2D eigenvalue weighted by molar-refractivity contribution is 7.93. The lowest BCUT2D eigenvalue weighted by Gasteiger charge is -2.15. The summed E-state index contributed by atoms with van der Waals surface area (Å²) in [5.41, 5.74) is 0. The van der Waals surface area contributed by atoms with Crippen LogP contribution < -0.4 is 4.72 Å². The number of hydrogen-bond donors (Lipinski definition) is 2. The average molecular weight is 285 g/mol. The molecule has 8 heteroatoms. The normalized spacial score (nSPS) is 26.2. The van der Waals surface area contributed by atoms with Crippen LogP contribution >= 0.6 is 0 Å². The van der Waals surface area contributed by atoms with E-state index in [0.29, 0.717) is 6.42 Å². The van der Waals surface area contributed by atoms with Crippen LogP contribution in [0, 0.1) is 5.92 Å². The third kappa shape index (κ3) is 5.80. The van der Waals surface area contributed by atoms with Gasteiger partial charge in [0.2, 0.25) is 10.0 Å². The maximum Gasteiger partial charge on any atom is 0.212 e. The molecule has 0 aromatic heterocycles. The number of rotatable bonds is 6. The second-order valence-corrected chi connectivity index (χ2v) is 8.74. The van der Waals surface area contributed by atoms with E-state index in [1.165, 1.54) is 0 Å². The lowest BCUT2D eigenvalue weighted by atomic mass is 10.1. The molecule has 1 saturated carbocycles. The van der Waals surface area contributed by atoms with Crippen LogP contribution in [0.25, 0.3) is 0 Å². The standard InChI is InChI=1S/C9H19NO5S2/c1-16(12,13)5-6-17(14,15)10-7-8-3-2-4-9(8)11/h8-11H,2-7H2,1H3. The van der Waals surface area contributed by atoms with Crippen LogP contribution in [-0.4, -0.2) is 52.4 Å². The van der Waals surface area contributed by atoms with E-state index in [4.69, 9.17) is 0 Å². The zero-order valence-electron chi connectivity index (χ0n) is 9.79. The molecule has 0 saturated heterocycles. The Hall–Kier alpha value is -0.180. The van der Waals surface area contributed by atoms with E-state index in [1.807, 2.05) is 0 Å². The van der Waals surface area contributed by atoms with Gasteiger partial charge in [0.05, 0.1) is 17.6 Å². The Morgan fingerprint density at radius 3 is 2.29 bits per heavy atom. The number of hydrogen-bond acceptors (Lipinski definition) is 5. The molecule has 2 unspecified atom stereocenters. The zero-order valence-corrected chi connectivity index (χ0v) is 11.4. The van der Waals surface area contributed by atoms with Crippen molar-refractivity contribution in [2.24, 2.45) is 5.92 Å². The highest BCUT2D eigenvalue weighted by atomic mass is 32.2. The van der Waals surface area contributed by atoms with Crippen molar-refractivity contribution in [3.05, 3.63) is 0 Å². The molecule has 102 valence electrons. The first-order chi connectivity index (χ1) is 7.70. The first-order valence-electron chi connectivity index (χ1n) is 5.53. The fourth-order valence-electron chi connectivity index (χ4n) is 1.82. The van der Waals surface area contributed by atoms with Crippen LogP contribution in [0.4, 0.5) is 0 Å². The van der Waals surface area contributed by atoms with Crippen molar-refractivity contribution in [2.45, 2.75) is 25.4 Å². The lowest BCUT2D eigenvalue weighted by molar-refractivity contribution is 0.134. The predicted octanol–water partition coefficient (Wildman–Crippen LogP) is -0.889. The van der Waals surface area contributed by atoms with Crippen molar-refractivity contribution in [3.63, 3.8) is 0 Å². The van der Waals surface area contributed by atoms with Gasteiger partial charge in [-0.1, -0.05) is 6.42 Å². The molecule has 2 N–H and O–H groups in total. The van der Waals surface area contributed by atoms with Gasteiger partial charge in [-0.05, 0) is 18.8 Å². The van der Waals surface area contributed by atoms with Crippen LogP contribution in [0.3, 0.4) is 0 Å². The Bertz CT molecular complexity index is 442. The maximum absolute atomic E-state index is 11.5. The van der Waals surface area contributed by atoms with Gasteiger partial charge in [0.1, 0.15) is 9.84 Å². The van der Waals surface area contributed by atoms with Gasteiger partial charge in [-0.2, -0.15) is 0 Å². The Balaban J connectivity index is 2.39. The SMILES string of the molecule is CS(=O)(=O)CCS(=O)(=O)NCC1CCCC1O. The fraction of sp³-hybridized carbons (Fsp3) is 1.00. The Kier molecular flexibility index (Phi) is 4.94. The molecule has 0 aromatic carbocycles. The molecule has 0 aromatic rings. The van der Waals surface area contributed by atoms with Crippen molar-refractivity contribution in [3.8, 4) is 0 Å². The summed E-state index contributed by atoms with van der Waals surface area (Å²) in [6, 6.07) is 0. The Morgan fingerprint density at radius 1 is 1.18 bits per heavy atom. The van der Waals surface area contributed by atoms with Crippen molar-refractivity contribution in [1.29, 1.82) is 0 Å². The van der Waals surface area contributed by atoms with Gasteiger partial charge in [0.15, 0.2) is 0 Å². The van der Waals surface area contributed by atoms with E-state index in [2.05, 4.69) is 4.72 Å². The molecule has 0 amide bonds. The first-order valence-corrected chi connectivity index (χ1v) is 9.24. The van der Waals surface area contributed by atoms with Gasteiger partial charge in [-0.25, -0.2) is 21.6 Å². The Labute approximate surface area is 102 Å². The molecule has 1 fully saturated rings. The Morgan fingerprint density at radius 2 is 1.82 bits per heavy atom. The lowest BCUT2D eigenvalue weighted by Crippen LogP contribution is -2.35. The summed E-state index contributed by atoms with van der Waals surface area (Å²) in [7, 11) is -6.84. The minimum absolute atomic E-state index is 0.0528. The van der Waals surface area contributed by atoms with Crippen molar-refractivity contribution in [2.75, 3.05) is 24.3 Å². The molecule has 1 aliphatic rings. The number of aliphatic hydroxyl groups is 1. The smallest absolute Gasteiger partial charge is 0.212 e. The van der Waals surface area contributed by atoms with Gasteiger partial charge < -0.3 is 5.11 Å². The molecule has 2 atom stereocenters. The van der Waals surface area contributed by atoms with E-state index in [9.17, 15) is 21.9 Å². The minimum atomic E-state index is -3.57. The second kappa shape index (κ2) is 5.64. The molecule has 1 aliphatic carbocycles. The largest absolute Gasteiger partial charge is 0.393 e. The minimum Gasteiger partial charge on any atom is -0.393 e. The summed E-state index contributed by atoms with van der Waals surface area (Å²) in [6.45, 7) is 0.188. The van der Waals surface area contributed by atoms with Crippen molar-refractivity contribution < 1.29 is 21.9 Å². The van der Waals surface area contributed by atoms with E-state index in [1.54, 1.807) is 0 Å². The van der Waals surface area contributed by atoms with Gasteiger partial charge in [-0.3, -0.25) is 0 Å². The van der Waals surface area contributed by atoms with Gasteiger partial charge in [0, 0.05) is 12.8 Å². The van der Waals surface area contributed by atoms with Gasteiger partial charge in [-0.15, -0.1) is 0 Å². The maximum atomic E-state index is 11.5. The predicted molar refractivity (Wildman–Crippen MR) is 64.8 cm³/mol. The molecule has 0 heterocycles. The first kappa shape index (κ1) is 14.9.